The zero-order chi connectivity index (χ0) is 19.1. The molecule has 0 aromatic heterocycles. The number of ether oxygens (including phenoxy) is 2. The Morgan fingerprint density at radius 1 is 1.23 bits per heavy atom. The van der Waals surface area contributed by atoms with Crippen molar-refractivity contribution in [2.24, 2.45) is 0 Å². The fraction of sp³-hybridized carbons (Fsp3) is 0.412. The highest BCUT2D eigenvalue weighted by atomic mass is 16.5. The van der Waals surface area contributed by atoms with Crippen LogP contribution in [0.2, 0.25) is 0 Å². The molecular formula is C17H21N3O6. The van der Waals surface area contributed by atoms with Gasteiger partial charge in [-0.1, -0.05) is 12.1 Å². The highest BCUT2D eigenvalue weighted by Gasteiger charge is 2.30. The van der Waals surface area contributed by atoms with E-state index in [4.69, 9.17) is 9.47 Å². The Balaban J connectivity index is 1.70. The Morgan fingerprint density at radius 2 is 1.92 bits per heavy atom. The van der Waals surface area contributed by atoms with Gasteiger partial charge in [-0.25, -0.2) is 4.79 Å². The summed E-state index contributed by atoms with van der Waals surface area (Å²) in [6, 6.07) is 5.85. The van der Waals surface area contributed by atoms with Crippen LogP contribution in [0.3, 0.4) is 0 Å². The number of rotatable bonds is 8. The van der Waals surface area contributed by atoms with Crippen molar-refractivity contribution in [3.05, 3.63) is 29.8 Å². The smallest absolute Gasteiger partial charge is 0.322 e. The third kappa shape index (κ3) is 5.47. The second-order valence-corrected chi connectivity index (χ2v) is 5.75. The molecule has 0 unspecified atom stereocenters. The Bertz CT molecular complexity index is 688. The van der Waals surface area contributed by atoms with E-state index in [-0.39, 0.29) is 12.8 Å². The largest absolute Gasteiger partial charge is 0.497 e. The summed E-state index contributed by atoms with van der Waals surface area (Å²) in [7, 11) is 1.57. The predicted molar refractivity (Wildman–Crippen MR) is 90.1 cm³/mol. The van der Waals surface area contributed by atoms with E-state index in [1.165, 1.54) is 6.92 Å². The third-order valence-electron chi connectivity index (χ3n) is 3.80. The number of methoxy groups -OCH3 is 1. The molecule has 1 aromatic rings. The molecule has 0 spiro atoms. The fourth-order valence-corrected chi connectivity index (χ4v) is 2.31. The minimum Gasteiger partial charge on any atom is -0.497 e. The topological polar surface area (TPSA) is 123 Å². The lowest BCUT2D eigenvalue weighted by molar-refractivity contribution is -0.155. The molecule has 9 heteroatoms. The molecule has 1 aromatic carbocycles. The molecule has 26 heavy (non-hydrogen) atoms. The summed E-state index contributed by atoms with van der Waals surface area (Å²) in [4.78, 5) is 46.1. The van der Waals surface area contributed by atoms with E-state index in [1.54, 1.807) is 19.2 Å². The first-order chi connectivity index (χ1) is 12.4. The standard InChI is InChI=1S/C17H21N3O6/c1-10(15(22)18-9-11-3-5-12(25-2)6-4-11)26-14(21)8-7-13-16(23)20-17(24)19-13/h3-6,10,13H,7-9H2,1-2H3,(H,18,22)(H2,19,20,23,24)/t10-,13-/m0/s1. The molecule has 1 heterocycles. The van der Waals surface area contributed by atoms with Crippen LogP contribution in [0.5, 0.6) is 5.75 Å². The molecule has 3 N–H and O–H groups in total. The van der Waals surface area contributed by atoms with E-state index in [0.717, 1.165) is 11.3 Å². The summed E-state index contributed by atoms with van der Waals surface area (Å²) in [6.07, 6.45) is -0.946. The van der Waals surface area contributed by atoms with Crippen molar-refractivity contribution in [2.75, 3.05) is 7.11 Å². The molecule has 2 rings (SSSR count). The van der Waals surface area contributed by atoms with Crippen LogP contribution in [0.25, 0.3) is 0 Å². The number of benzene rings is 1. The summed E-state index contributed by atoms with van der Waals surface area (Å²) in [5.74, 6) is -0.810. The molecule has 1 aliphatic rings. The molecule has 0 saturated carbocycles. The Morgan fingerprint density at radius 3 is 2.50 bits per heavy atom. The van der Waals surface area contributed by atoms with Gasteiger partial charge in [-0.3, -0.25) is 19.7 Å². The number of nitrogens with one attached hydrogen (secondary N) is 3. The van der Waals surface area contributed by atoms with Gasteiger partial charge >= 0.3 is 12.0 Å². The predicted octanol–water partition coefficient (Wildman–Crippen LogP) is 0.231. The SMILES string of the molecule is COc1ccc(CNC(=O)[C@H](C)OC(=O)CC[C@@H]2NC(=O)NC2=O)cc1. The Labute approximate surface area is 150 Å². The van der Waals surface area contributed by atoms with E-state index in [2.05, 4.69) is 16.0 Å². The molecule has 4 amide bonds. The lowest BCUT2D eigenvalue weighted by Crippen LogP contribution is -2.36. The summed E-state index contributed by atoms with van der Waals surface area (Å²) in [5, 5.41) is 7.14. The van der Waals surface area contributed by atoms with Crippen LogP contribution in [-0.2, 0) is 25.7 Å². The van der Waals surface area contributed by atoms with Gasteiger partial charge in [-0.2, -0.15) is 0 Å². The van der Waals surface area contributed by atoms with Gasteiger partial charge in [-0.15, -0.1) is 0 Å². The van der Waals surface area contributed by atoms with Crippen LogP contribution in [0.15, 0.2) is 24.3 Å². The van der Waals surface area contributed by atoms with E-state index in [1.807, 2.05) is 12.1 Å². The molecule has 2 atom stereocenters. The average molecular weight is 363 g/mol. The van der Waals surface area contributed by atoms with Crippen LogP contribution in [0.1, 0.15) is 25.3 Å². The van der Waals surface area contributed by atoms with Crippen LogP contribution in [-0.4, -0.2) is 43.1 Å². The van der Waals surface area contributed by atoms with Crippen molar-refractivity contribution >= 4 is 23.8 Å². The van der Waals surface area contributed by atoms with Gasteiger partial charge in [0.15, 0.2) is 6.10 Å². The molecule has 0 bridgehead atoms. The van der Waals surface area contributed by atoms with Crippen molar-refractivity contribution in [3.63, 3.8) is 0 Å². The number of carbonyl (C=O) groups excluding carboxylic acids is 4. The Hall–Kier alpha value is -3.10. The monoisotopic (exact) mass is 363 g/mol. The van der Waals surface area contributed by atoms with Gasteiger partial charge in [0.2, 0.25) is 0 Å². The number of imide groups is 1. The van der Waals surface area contributed by atoms with Gasteiger partial charge in [0.1, 0.15) is 11.8 Å². The van der Waals surface area contributed by atoms with Crippen molar-refractivity contribution in [2.45, 2.75) is 38.5 Å². The average Bonchev–Trinajstić information content (AvgIpc) is 2.95. The molecule has 140 valence electrons. The first-order valence-corrected chi connectivity index (χ1v) is 8.10. The second-order valence-electron chi connectivity index (χ2n) is 5.75. The molecule has 0 aliphatic carbocycles. The molecular weight excluding hydrogens is 342 g/mol. The first kappa shape index (κ1) is 19.2. The highest BCUT2D eigenvalue weighted by molar-refractivity contribution is 6.04. The van der Waals surface area contributed by atoms with Crippen molar-refractivity contribution in [1.82, 2.24) is 16.0 Å². The lowest BCUT2D eigenvalue weighted by Gasteiger charge is -2.14. The van der Waals surface area contributed by atoms with Gasteiger partial charge in [-0.05, 0) is 31.0 Å². The maximum atomic E-state index is 12.0. The molecule has 1 fully saturated rings. The Kier molecular flexibility index (Phi) is 6.54. The number of hydrogen-bond donors (Lipinski definition) is 3. The second kappa shape index (κ2) is 8.84. The number of esters is 1. The maximum absolute atomic E-state index is 12.0. The zero-order valence-electron chi connectivity index (χ0n) is 14.5. The lowest BCUT2D eigenvalue weighted by atomic mass is 10.1. The van der Waals surface area contributed by atoms with Crippen LogP contribution in [0, 0.1) is 0 Å². The van der Waals surface area contributed by atoms with Crippen LogP contribution >= 0.6 is 0 Å². The van der Waals surface area contributed by atoms with Crippen molar-refractivity contribution in [3.8, 4) is 5.75 Å². The van der Waals surface area contributed by atoms with Gasteiger partial charge < -0.3 is 20.1 Å². The zero-order valence-corrected chi connectivity index (χ0v) is 14.5. The summed E-state index contributed by atoms with van der Waals surface area (Å²) in [5.41, 5.74) is 0.876. The number of hydrogen-bond acceptors (Lipinski definition) is 6. The van der Waals surface area contributed by atoms with E-state index < -0.39 is 36.0 Å². The normalized spacial score (nSPS) is 17.1. The van der Waals surface area contributed by atoms with E-state index in [0.29, 0.717) is 6.54 Å². The van der Waals surface area contributed by atoms with Gasteiger partial charge in [0, 0.05) is 13.0 Å². The van der Waals surface area contributed by atoms with E-state index in [9.17, 15) is 19.2 Å². The molecule has 1 saturated heterocycles. The van der Waals surface area contributed by atoms with Crippen LogP contribution in [0.4, 0.5) is 4.79 Å². The summed E-state index contributed by atoms with van der Waals surface area (Å²) in [6.45, 7) is 1.75. The van der Waals surface area contributed by atoms with Crippen molar-refractivity contribution < 1.29 is 28.7 Å². The quantitative estimate of drug-likeness (QED) is 0.449. The van der Waals surface area contributed by atoms with E-state index >= 15 is 0 Å². The van der Waals surface area contributed by atoms with Gasteiger partial charge in [0.25, 0.3) is 11.8 Å². The fourth-order valence-electron chi connectivity index (χ4n) is 2.31. The summed E-state index contributed by atoms with van der Waals surface area (Å²) < 4.78 is 10.1. The molecule has 1 aliphatic heterocycles. The van der Waals surface area contributed by atoms with Crippen LogP contribution < -0.4 is 20.7 Å². The maximum Gasteiger partial charge on any atom is 0.322 e. The molecule has 0 radical (unpaired) electrons. The highest BCUT2D eigenvalue weighted by Crippen LogP contribution is 2.11. The number of urea groups is 1. The third-order valence-corrected chi connectivity index (χ3v) is 3.80. The minimum atomic E-state index is -0.965. The van der Waals surface area contributed by atoms with Gasteiger partial charge in [0.05, 0.1) is 7.11 Å². The first-order valence-electron chi connectivity index (χ1n) is 8.10. The number of carbonyl (C=O) groups is 4. The minimum absolute atomic E-state index is 0.0888. The van der Waals surface area contributed by atoms with Crippen molar-refractivity contribution in [1.29, 1.82) is 0 Å². The number of amides is 4. The summed E-state index contributed by atoms with van der Waals surface area (Å²) >= 11 is 0. The molecule has 9 nitrogen and oxygen atoms in total.